The molecule has 6 heteroatoms. The summed E-state index contributed by atoms with van der Waals surface area (Å²) in [6.45, 7) is 9.96. The standard InChI is InChI=1S/C14H23NO5/c1-7-14(10(17)18)8-13(5,6)9(16)15(14)11(19)20-12(2,3)4/h7-8H2,1-6H3,(H,17,18)/t14-/m0/s1. The Morgan fingerprint density at radius 1 is 1.35 bits per heavy atom. The van der Waals surface area contributed by atoms with Crippen LogP contribution in [0.25, 0.3) is 0 Å². The highest BCUT2D eigenvalue weighted by molar-refractivity contribution is 6.04. The highest BCUT2D eigenvalue weighted by atomic mass is 16.6. The molecule has 0 aromatic heterocycles. The molecule has 0 saturated carbocycles. The monoisotopic (exact) mass is 285 g/mol. The lowest BCUT2D eigenvalue weighted by Crippen LogP contribution is -2.55. The Morgan fingerprint density at radius 2 is 1.85 bits per heavy atom. The van der Waals surface area contributed by atoms with E-state index in [1.807, 2.05) is 0 Å². The number of nitrogens with zero attached hydrogens (tertiary/aromatic N) is 1. The number of amides is 2. The summed E-state index contributed by atoms with van der Waals surface area (Å²) in [5, 5.41) is 9.53. The fraction of sp³-hybridized carbons (Fsp3) is 0.786. The minimum absolute atomic E-state index is 0.0872. The number of hydrogen-bond donors (Lipinski definition) is 1. The molecular formula is C14H23NO5. The zero-order valence-electron chi connectivity index (χ0n) is 12.9. The molecule has 2 amide bonds. The predicted molar refractivity (Wildman–Crippen MR) is 72.1 cm³/mol. The van der Waals surface area contributed by atoms with Crippen molar-refractivity contribution in [1.29, 1.82) is 0 Å². The third kappa shape index (κ3) is 2.64. The van der Waals surface area contributed by atoms with Gasteiger partial charge in [-0.3, -0.25) is 4.79 Å². The first kappa shape index (κ1) is 16.5. The van der Waals surface area contributed by atoms with Gasteiger partial charge in [0.25, 0.3) is 0 Å². The molecule has 1 fully saturated rings. The van der Waals surface area contributed by atoms with Gasteiger partial charge in [-0.05, 0) is 33.6 Å². The number of carboxylic acid groups (broad SMARTS) is 1. The average molecular weight is 285 g/mol. The Hall–Kier alpha value is -1.59. The van der Waals surface area contributed by atoms with Crippen molar-refractivity contribution in [3.63, 3.8) is 0 Å². The number of carbonyl (C=O) groups excluding carboxylic acids is 2. The molecule has 6 nitrogen and oxygen atoms in total. The van der Waals surface area contributed by atoms with Crippen LogP contribution in [-0.2, 0) is 14.3 Å². The number of aliphatic carboxylic acids is 1. The maximum absolute atomic E-state index is 12.4. The molecule has 0 bridgehead atoms. The summed E-state index contributed by atoms with van der Waals surface area (Å²) in [5.41, 5.74) is -3.21. The van der Waals surface area contributed by atoms with E-state index in [0.29, 0.717) is 0 Å². The molecule has 20 heavy (non-hydrogen) atoms. The molecule has 114 valence electrons. The summed E-state index contributed by atoms with van der Waals surface area (Å²) in [6.07, 6.45) is -0.655. The van der Waals surface area contributed by atoms with Crippen molar-refractivity contribution < 1.29 is 24.2 Å². The Balaban J connectivity index is 3.27. The first-order valence-electron chi connectivity index (χ1n) is 6.68. The SMILES string of the molecule is CC[C@@]1(C(=O)O)CC(C)(C)C(=O)N1C(=O)OC(C)(C)C. The van der Waals surface area contributed by atoms with E-state index in [1.165, 1.54) is 0 Å². The quantitative estimate of drug-likeness (QED) is 0.842. The van der Waals surface area contributed by atoms with Crippen molar-refractivity contribution in [2.24, 2.45) is 5.41 Å². The Kier molecular flexibility index (Phi) is 3.91. The lowest BCUT2D eigenvalue weighted by atomic mass is 9.82. The van der Waals surface area contributed by atoms with Crippen LogP contribution in [0.15, 0.2) is 0 Å². The van der Waals surface area contributed by atoms with Gasteiger partial charge in [0.15, 0.2) is 5.54 Å². The molecule has 1 aliphatic heterocycles. The van der Waals surface area contributed by atoms with E-state index in [-0.39, 0.29) is 12.8 Å². The van der Waals surface area contributed by atoms with E-state index in [9.17, 15) is 19.5 Å². The second-order valence-electron chi connectivity index (χ2n) is 6.87. The van der Waals surface area contributed by atoms with Crippen LogP contribution in [0.1, 0.15) is 54.4 Å². The highest BCUT2D eigenvalue weighted by Crippen LogP contribution is 2.45. The topological polar surface area (TPSA) is 83.9 Å². The molecule has 1 saturated heterocycles. The van der Waals surface area contributed by atoms with Gasteiger partial charge in [0.2, 0.25) is 5.91 Å². The minimum atomic E-state index is -1.52. The summed E-state index contributed by atoms with van der Waals surface area (Å²) in [7, 11) is 0. The van der Waals surface area contributed by atoms with E-state index in [0.717, 1.165) is 4.90 Å². The summed E-state index contributed by atoms with van der Waals surface area (Å²) in [4.78, 5) is 37.1. The van der Waals surface area contributed by atoms with Gasteiger partial charge in [-0.1, -0.05) is 20.8 Å². The molecule has 0 spiro atoms. The van der Waals surface area contributed by atoms with Gasteiger partial charge in [-0.25, -0.2) is 14.5 Å². The zero-order chi connectivity index (χ0) is 15.9. The second-order valence-corrected chi connectivity index (χ2v) is 6.87. The van der Waals surface area contributed by atoms with Gasteiger partial charge < -0.3 is 9.84 Å². The first-order chi connectivity index (χ1) is 8.87. The number of likely N-dealkylation sites (tertiary alicyclic amines) is 1. The minimum Gasteiger partial charge on any atom is -0.479 e. The van der Waals surface area contributed by atoms with Crippen molar-refractivity contribution in [3.8, 4) is 0 Å². The highest BCUT2D eigenvalue weighted by Gasteiger charge is 2.61. The van der Waals surface area contributed by atoms with Gasteiger partial charge in [-0.2, -0.15) is 0 Å². The first-order valence-corrected chi connectivity index (χ1v) is 6.68. The van der Waals surface area contributed by atoms with Crippen molar-refractivity contribution in [1.82, 2.24) is 4.90 Å². The van der Waals surface area contributed by atoms with Gasteiger partial charge in [0.05, 0.1) is 0 Å². The summed E-state index contributed by atoms with van der Waals surface area (Å²) in [5.74, 6) is -1.68. The lowest BCUT2D eigenvalue weighted by Gasteiger charge is -2.33. The normalized spacial score (nSPS) is 25.7. The van der Waals surface area contributed by atoms with Crippen LogP contribution < -0.4 is 0 Å². The van der Waals surface area contributed by atoms with Crippen LogP contribution in [0.3, 0.4) is 0 Å². The van der Waals surface area contributed by atoms with Crippen LogP contribution in [0, 0.1) is 5.41 Å². The molecule has 0 aliphatic carbocycles. The number of imide groups is 1. The maximum atomic E-state index is 12.4. The fourth-order valence-corrected chi connectivity index (χ4v) is 2.55. The van der Waals surface area contributed by atoms with Crippen LogP contribution in [0.4, 0.5) is 4.79 Å². The molecule has 1 atom stereocenters. The number of carbonyl (C=O) groups is 3. The van der Waals surface area contributed by atoms with E-state index >= 15 is 0 Å². The maximum Gasteiger partial charge on any atom is 0.418 e. The van der Waals surface area contributed by atoms with Crippen molar-refractivity contribution in [2.75, 3.05) is 0 Å². The van der Waals surface area contributed by atoms with Gasteiger partial charge in [0.1, 0.15) is 5.60 Å². The van der Waals surface area contributed by atoms with Gasteiger partial charge >= 0.3 is 12.1 Å². The fourth-order valence-electron chi connectivity index (χ4n) is 2.55. The second kappa shape index (κ2) is 4.75. The van der Waals surface area contributed by atoms with Crippen LogP contribution in [-0.4, -0.2) is 39.1 Å². The summed E-state index contributed by atoms with van der Waals surface area (Å²) >= 11 is 0. The van der Waals surface area contributed by atoms with Crippen molar-refractivity contribution in [2.45, 2.75) is 65.5 Å². The smallest absolute Gasteiger partial charge is 0.418 e. The largest absolute Gasteiger partial charge is 0.479 e. The Bertz CT molecular complexity index is 449. The zero-order valence-corrected chi connectivity index (χ0v) is 12.9. The van der Waals surface area contributed by atoms with Gasteiger partial charge in [-0.15, -0.1) is 0 Å². The molecule has 1 aliphatic rings. The molecule has 1 N–H and O–H groups in total. The lowest BCUT2D eigenvalue weighted by molar-refractivity contribution is -0.153. The van der Waals surface area contributed by atoms with E-state index in [2.05, 4.69) is 0 Å². The Labute approximate surface area is 119 Å². The molecule has 0 aromatic carbocycles. The molecule has 0 unspecified atom stereocenters. The van der Waals surface area contributed by atoms with Crippen molar-refractivity contribution in [3.05, 3.63) is 0 Å². The van der Waals surface area contributed by atoms with Crippen LogP contribution >= 0.6 is 0 Å². The molecule has 1 rings (SSSR count). The number of hydrogen-bond acceptors (Lipinski definition) is 4. The molecule has 0 radical (unpaired) electrons. The summed E-state index contributed by atoms with van der Waals surface area (Å²) in [6, 6.07) is 0. The molecule has 0 aromatic rings. The van der Waals surface area contributed by atoms with E-state index in [1.54, 1.807) is 41.5 Å². The average Bonchev–Trinajstić information content (AvgIpc) is 2.45. The predicted octanol–water partition coefficient (Wildman–Crippen LogP) is 2.41. The van der Waals surface area contributed by atoms with E-state index < -0.39 is 34.5 Å². The molecular weight excluding hydrogens is 262 g/mol. The number of rotatable bonds is 2. The van der Waals surface area contributed by atoms with Crippen molar-refractivity contribution >= 4 is 18.0 Å². The van der Waals surface area contributed by atoms with Crippen LogP contribution in [0.2, 0.25) is 0 Å². The summed E-state index contributed by atoms with van der Waals surface area (Å²) < 4.78 is 5.20. The Morgan fingerprint density at radius 3 is 2.20 bits per heavy atom. The van der Waals surface area contributed by atoms with Gasteiger partial charge in [0, 0.05) is 5.41 Å². The third-order valence-electron chi connectivity index (χ3n) is 3.50. The van der Waals surface area contributed by atoms with Crippen LogP contribution in [0.5, 0.6) is 0 Å². The molecule has 1 heterocycles. The number of carboxylic acids is 1. The van der Waals surface area contributed by atoms with E-state index in [4.69, 9.17) is 4.74 Å². The number of ether oxygens (including phenoxy) is 1. The third-order valence-corrected chi connectivity index (χ3v) is 3.50.